The fourth-order valence-electron chi connectivity index (χ4n) is 1.38. The van der Waals surface area contributed by atoms with Crippen LogP contribution in [-0.2, 0) is 11.3 Å². The first kappa shape index (κ1) is 15.0. The Balaban J connectivity index is 2.50. The SMILES string of the molecule is CCNC(=O)NC(=O)C(C)Oc1ccc(CN)cc1. The Bertz CT molecular complexity index is 431. The molecule has 0 radical (unpaired) electrons. The third-order valence-electron chi connectivity index (χ3n) is 2.42. The van der Waals surface area contributed by atoms with Gasteiger partial charge < -0.3 is 15.8 Å². The molecule has 4 N–H and O–H groups in total. The fourth-order valence-corrected chi connectivity index (χ4v) is 1.38. The number of carbonyl (C=O) groups is 2. The largest absolute Gasteiger partial charge is 0.481 e. The zero-order chi connectivity index (χ0) is 14.3. The van der Waals surface area contributed by atoms with Gasteiger partial charge >= 0.3 is 6.03 Å². The first-order valence-electron chi connectivity index (χ1n) is 6.11. The van der Waals surface area contributed by atoms with Crippen LogP contribution >= 0.6 is 0 Å². The molecular weight excluding hydrogens is 246 g/mol. The van der Waals surface area contributed by atoms with Crippen molar-refractivity contribution in [3.05, 3.63) is 29.8 Å². The van der Waals surface area contributed by atoms with Gasteiger partial charge in [0, 0.05) is 13.1 Å². The number of carbonyl (C=O) groups excluding carboxylic acids is 2. The summed E-state index contributed by atoms with van der Waals surface area (Å²) in [5.41, 5.74) is 6.46. The summed E-state index contributed by atoms with van der Waals surface area (Å²) < 4.78 is 5.42. The summed E-state index contributed by atoms with van der Waals surface area (Å²) in [7, 11) is 0. The summed E-state index contributed by atoms with van der Waals surface area (Å²) in [6.45, 7) is 4.25. The highest BCUT2D eigenvalue weighted by Crippen LogP contribution is 2.13. The van der Waals surface area contributed by atoms with E-state index < -0.39 is 18.0 Å². The Labute approximate surface area is 112 Å². The first-order valence-corrected chi connectivity index (χ1v) is 6.11. The number of benzene rings is 1. The molecule has 3 amide bonds. The van der Waals surface area contributed by atoms with Crippen LogP contribution in [0, 0.1) is 0 Å². The standard InChI is InChI=1S/C13H19N3O3/c1-3-15-13(18)16-12(17)9(2)19-11-6-4-10(8-14)5-7-11/h4-7,9H,3,8,14H2,1-2H3,(H2,15,16,17,18). The summed E-state index contributed by atoms with van der Waals surface area (Å²) in [4.78, 5) is 22.8. The van der Waals surface area contributed by atoms with E-state index in [1.807, 2.05) is 12.1 Å². The van der Waals surface area contributed by atoms with E-state index in [-0.39, 0.29) is 0 Å². The van der Waals surface area contributed by atoms with Crippen molar-refractivity contribution in [3.8, 4) is 5.75 Å². The van der Waals surface area contributed by atoms with Crippen molar-refractivity contribution in [2.75, 3.05) is 6.54 Å². The maximum atomic E-state index is 11.6. The van der Waals surface area contributed by atoms with Gasteiger partial charge in [-0.25, -0.2) is 4.79 Å². The van der Waals surface area contributed by atoms with Crippen molar-refractivity contribution in [3.63, 3.8) is 0 Å². The number of hydrogen-bond acceptors (Lipinski definition) is 4. The predicted molar refractivity (Wildman–Crippen MR) is 71.6 cm³/mol. The number of nitrogens with one attached hydrogen (secondary N) is 2. The van der Waals surface area contributed by atoms with E-state index in [1.54, 1.807) is 26.0 Å². The lowest BCUT2D eigenvalue weighted by Gasteiger charge is -2.14. The van der Waals surface area contributed by atoms with Crippen molar-refractivity contribution in [2.45, 2.75) is 26.5 Å². The molecule has 1 atom stereocenters. The van der Waals surface area contributed by atoms with Crippen molar-refractivity contribution >= 4 is 11.9 Å². The van der Waals surface area contributed by atoms with Gasteiger partial charge in [0.25, 0.3) is 5.91 Å². The van der Waals surface area contributed by atoms with Crippen molar-refractivity contribution in [2.24, 2.45) is 5.73 Å². The van der Waals surface area contributed by atoms with Gasteiger partial charge in [0.05, 0.1) is 0 Å². The van der Waals surface area contributed by atoms with Crippen LogP contribution in [0.25, 0.3) is 0 Å². The monoisotopic (exact) mass is 265 g/mol. The molecule has 1 aromatic rings. The van der Waals surface area contributed by atoms with E-state index in [0.29, 0.717) is 18.8 Å². The molecule has 0 saturated heterocycles. The molecule has 0 saturated carbocycles. The smallest absolute Gasteiger partial charge is 0.321 e. The summed E-state index contributed by atoms with van der Waals surface area (Å²) in [5.74, 6) is 0.0598. The molecule has 0 fully saturated rings. The molecule has 0 spiro atoms. The molecule has 0 aromatic heterocycles. The van der Waals surface area contributed by atoms with Gasteiger partial charge in [0.1, 0.15) is 5.75 Å². The molecule has 104 valence electrons. The summed E-state index contributed by atoms with van der Waals surface area (Å²) in [6.07, 6.45) is -0.758. The van der Waals surface area contributed by atoms with Gasteiger partial charge in [0.2, 0.25) is 0 Å². The highest BCUT2D eigenvalue weighted by Gasteiger charge is 2.16. The Kier molecular flexibility index (Phi) is 5.81. The van der Waals surface area contributed by atoms with Crippen LogP contribution in [-0.4, -0.2) is 24.6 Å². The molecule has 0 aliphatic heterocycles. The number of rotatable bonds is 5. The summed E-state index contributed by atoms with van der Waals surface area (Å²) in [6, 6.07) is 6.59. The van der Waals surface area contributed by atoms with Gasteiger partial charge in [-0.15, -0.1) is 0 Å². The molecule has 1 unspecified atom stereocenters. The van der Waals surface area contributed by atoms with Gasteiger partial charge in [-0.05, 0) is 31.5 Å². The minimum atomic E-state index is -0.758. The minimum Gasteiger partial charge on any atom is -0.481 e. The number of imide groups is 1. The van der Waals surface area contributed by atoms with Crippen molar-refractivity contribution in [1.82, 2.24) is 10.6 Å². The maximum Gasteiger partial charge on any atom is 0.321 e. The summed E-state index contributed by atoms with van der Waals surface area (Å²) >= 11 is 0. The molecule has 19 heavy (non-hydrogen) atoms. The number of ether oxygens (including phenoxy) is 1. The number of nitrogens with two attached hydrogens (primary N) is 1. The lowest BCUT2D eigenvalue weighted by atomic mass is 10.2. The molecule has 6 heteroatoms. The van der Waals surface area contributed by atoms with Gasteiger partial charge in [-0.3, -0.25) is 10.1 Å². The number of amides is 3. The molecule has 0 aliphatic rings. The average molecular weight is 265 g/mol. The van der Waals surface area contributed by atoms with E-state index in [1.165, 1.54) is 0 Å². The third kappa shape index (κ3) is 4.97. The van der Waals surface area contributed by atoms with E-state index in [4.69, 9.17) is 10.5 Å². The average Bonchev–Trinajstić information content (AvgIpc) is 2.39. The quantitative estimate of drug-likeness (QED) is 0.732. The van der Waals surface area contributed by atoms with Gasteiger partial charge in [0.15, 0.2) is 6.10 Å². The van der Waals surface area contributed by atoms with Crippen molar-refractivity contribution in [1.29, 1.82) is 0 Å². The third-order valence-corrected chi connectivity index (χ3v) is 2.42. The molecule has 1 rings (SSSR count). The Morgan fingerprint density at radius 3 is 2.47 bits per heavy atom. The number of urea groups is 1. The van der Waals surface area contributed by atoms with Gasteiger partial charge in [-0.1, -0.05) is 12.1 Å². The van der Waals surface area contributed by atoms with Crippen LogP contribution in [0.1, 0.15) is 19.4 Å². The second-order valence-corrected chi connectivity index (χ2v) is 3.96. The maximum absolute atomic E-state index is 11.6. The van der Waals surface area contributed by atoms with E-state index >= 15 is 0 Å². The first-order chi connectivity index (χ1) is 9.06. The lowest BCUT2D eigenvalue weighted by Crippen LogP contribution is -2.45. The second kappa shape index (κ2) is 7.38. The highest BCUT2D eigenvalue weighted by molar-refractivity contribution is 5.96. The highest BCUT2D eigenvalue weighted by atomic mass is 16.5. The Morgan fingerprint density at radius 2 is 1.95 bits per heavy atom. The molecule has 0 heterocycles. The molecule has 0 bridgehead atoms. The predicted octanol–water partition coefficient (Wildman–Crippen LogP) is 0.758. The molecule has 1 aromatic carbocycles. The van der Waals surface area contributed by atoms with Crippen LogP contribution in [0.5, 0.6) is 5.75 Å². The van der Waals surface area contributed by atoms with Crippen LogP contribution in [0.15, 0.2) is 24.3 Å². The zero-order valence-electron chi connectivity index (χ0n) is 11.1. The summed E-state index contributed by atoms with van der Waals surface area (Å²) in [5, 5.41) is 4.66. The number of hydrogen-bond donors (Lipinski definition) is 3. The van der Waals surface area contributed by atoms with Crippen LogP contribution < -0.4 is 21.1 Å². The Morgan fingerprint density at radius 1 is 1.32 bits per heavy atom. The van der Waals surface area contributed by atoms with Gasteiger partial charge in [-0.2, -0.15) is 0 Å². The van der Waals surface area contributed by atoms with E-state index in [9.17, 15) is 9.59 Å². The van der Waals surface area contributed by atoms with Crippen LogP contribution in [0.4, 0.5) is 4.79 Å². The van der Waals surface area contributed by atoms with Crippen LogP contribution in [0.2, 0.25) is 0 Å². The molecule has 6 nitrogen and oxygen atoms in total. The normalized spacial score (nSPS) is 11.5. The fraction of sp³-hybridized carbons (Fsp3) is 0.385. The minimum absolute atomic E-state index is 0.452. The molecular formula is C13H19N3O3. The van der Waals surface area contributed by atoms with Crippen LogP contribution in [0.3, 0.4) is 0 Å². The Hall–Kier alpha value is -2.08. The topological polar surface area (TPSA) is 93.5 Å². The van der Waals surface area contributed by atoms with E-state index in [2.05, 4.69) is 10.6 Å². The van der Waals surface area contributed by atoms with Crippen molar-refractivity contribution < 1.29 is 14.3 Å². The zero-order valence-corrected chi connectivity index (χ0v) is 11.1. The van der Waals surface area contributed by atoms with E-state index in [0.717, 1.165) is 5.56 Å². The lowest BCUT2D eigenvalue weighted by molar-refractivity contribution is -0.126. The second-order valence-electron chi connectivity index (χ2n) is 3.96. The molecule has 0 aliphatic carbocycles.